The van der Waals surface area contributed by atoms with Crippen molar-refractivity contribution in [1.29, 1.82) is 0 Å². The fourth-order valence-corrected chi connectivity index (χ4v) is 4.98. The van der Waals surface area contributed by atoms with Gasteiger partial charge < -0.3 is 14.6 Å². The Morgan fingerprint density at radius 1 is 1.24 bits per heavy atom. The van der Waals surface area contributed by atoms with E-state index in [0.717, 1.165) is 25.7 Å². The van der Waals surface area contributed by atoms with Crippen molar-refractivity contribution < 1.29 is 14.1 Å². The predicted molar refractivity (Wildman–Crippen MR) is 128 cm³/mol. The number of nitrogens with one attached hydrogen (secondary N) is 1. The minimum Gasteiger partial charge on any atom is -0.356 e. The lowest BCUT2D eigenvalue weighted by atomic mass is 9.92. The molecule has 2 atom stereocenters. The van der Waals surface area contributed by atoms with E-state index in [1.165, 1.54) is 6.42 Å². The molecule has 0 radical (unpaired) electrons. The molecule has 1 amide bonds. The van der Waals surface area contributed by atoms with Gasteiger partial charge in [0.15, 0.2) is 17.2 Å². The van der Waals surface area contributed by atoms with Crippen LogP contribution < -0.4 is 22.3 Å². The Morgan fingerprint density at radius 3 is 2.56 bits per heavy atom. The summed E-state index contributed by atoms with van der Waals surface area (Å²) in [6.07, 6.45) is 9.27. The molecule has 0 bridgehead atoms. The van der Waals surface area contributed by atoms with E-state index in [0.29, 0.717) is 17.7 Å². The Hall–Kier alpha value is -2.69. The first-order chi connectivity index (χ1) is 16.0. The van der Waals surface area contributed by atoms with Crippen molar-refractivity contribution >= 4 is 11.6 Å². The van der Waals surface area contributed by atoms with Crippen molar-refractivity contribution in [2.24, 2.45) is 24.4 Å². The molecule has 1 aliphatic heterocycles. The van der Waals surface area contributed by atoms with Gasteiger partial charge in [-0.2, -0.15) is 0 Å². The van der Waals surface area contributed by atoms with E-state index in [-0.39, 0.29) is 34.7 Å². The molecule has 4 rings (SSSR count). The molecule has 0 aromatic carbocycles. The number of nitrogens with zero attached hydrogens (tertiary/aromatic N) is 3. The Labute approximate surface area is 199 Å². The average Bonchev–Trinajstić information content (AvgIpc) is 3.28. The molecule has 2 aromatic rings. The molecule has 3 heterocycles. The number of hydrogen-bond acceptors (Lipinski definition) is 7. The van der Waals surface area contributed by atoms with Gasteiger partial charge in [0, 0.05) is 19.0 Å². The molecular formula is C24H36N6O4. The van der Waals surface area contributed by atoms with Crippen LogP contribution in [0.25, 0.3) is 0 Å². The van der Waals surface area contributed by atoms with Crippen LogP contribution >= 0.6 is 0 Å². The summed E-state index contributed by atoms with van der Waals surface area (Å²) in [5, 5.41) is 6.74. The fourth-order valence-electron chi connectivity index (χ4n) is 4.98. The van der Waals surface area contributed by atoms with Crippen molar-refractivity contribution in [3.63, 3.8) is 0 Å². The number of carbonyl (C=O) groups excluding carboxylic acids is 1. The summed E-state index contributed by atoms with van der Waals surface area (Å²) in [5.41, 5.74) is 11.7. The van der Waals surface area contributed by atoms with Crippen LogP contribution in [0.15, 0.2) is 21.5 Å². The van der Waals surface area contributed by atoms with Gasteiger partial charge in [-0.15, -0.1) is 0 Å². The lowest BCUT2D eigenvalue weighted by Gasteiger charge is -2.42. The highest BCUT2D eigenvalue weighted by atomic mass is 16.6. The number of anilines is 1. The average molecular weight is 473 g/mol. The second-order valence-electron chi connectivity index (χ2n) is 9.97. The molecule has 2 aromatic heterocycles. The molecule has 1 saturated carbocycles. The second-order valence-corrected chi connectivity index (χ2v) is 9.97. The molecule has 0 saturated heterocycles. The van der Waals surface area contributed by atoms with Crippen LogP contribution in [0.5, 0.6) is 0 Å². The van der Waals surface area contributed by atoms with Crippen molar-refractivity contribution in [1.82, 2.24) is 14.5 Å². The van der Waals surface area contributed by atoms with Gasteiger partial charge in [-0.05, 0) is 38.7 Å². The zero-order chi connectivity index (χ0) is 24.8. The van der Waals surface area contributed by atoms with Crippen LogP contribution in [0.4, 0.5) is 5.69 Å². The third kappa shape index (κ3) is 4.03. The summed E-state index contributed by atoms with van der Waals surface area (Å²) < 4.78 is 15.2. The van der Waals surface area contributed by atoms with E-state index >= 15 is 0 Å². The van der Waals surface area contributed by atoms with Gasteiger partial charge >= 0.3 is 0 Å². The minimum atomic E-state index is -1.36. The van der Waals surface area contributed by atoms with Gasteiger partial charge in [-0.3, -0.25) is 25.7 Å². The van der Waals surface area contributed by atoms with Gasteiger partial charge in [0.2, 0.25) is 0 Å². The first kappa shape index (κ1) is 24.4. The number of ether oxygens (including phenoxy) is 1. The van der Waals surface area contributed by atoms with E-state index in [2.05, 4.69) is 10.5 Å². The van der Waals surface area contributed by atoms with Crippen LogP contribution in [0, 0.1) is 19.8 Å². The zero-order valence-corrected chi connectivity index (χ0v) is 20.7. The number of aromatic nitrogens is 3. The highest BCUT2D eigenvalue weighted by molar-refractivity contribution is 6.04. The molecule has 0 unspecified atom stereocenters. The molecule has 0 spiro atoms. The monoisotopic (exact) mass is 472 g/mol. The predicted octanol–water partition coefficient (Wildman–Crippen LogP) is 2.95. The SMILES string of the molecule is Cc1c(C(=O)Nc2c(C)n(C)n(C3CCCCC3)c2=O)noc1[C@]1(N)CC=C[C@](N)(C(C)C)O1. The van der Waals surface area contributed by atoms with Gasteiger partial charge in [-0.1, -0.05) is 44.3 Å². The highest BCUT2D eigenvalue weighted by Crippen LogP contribution is 2.38. The first-order valence-electron chi connectivity index (χ1n) is 12.0. The zero-order valence-electron chi connectivity index (χ0n) is 20.7. The molecule has 1 fully saturated rings. The molecule has 34 heavy (non-hydrogen) atoms. The van der Waals surface area contributed by atoms with Crippen LogP contribution in [0.1, 0.15) is 85.9 Å². The first-order valence-corrected chi connectivity index (χ1v) is 12.0. The van der Waals surface area contributed by atoms with E-state index < -0.39 is 17.4 Å². The Bertz CT molecular complexity index is 1170. The molecule has 10 heteroatoms. The largest absolute Gasteiger partial charge is 0.356 e. The van der Waals surface area contributed by atoms with Gasteiger partial charge in [0.25, 0.3) is 11.5 Å². The minimum absolute atomic E-state index is 0.0367. The normalized spacial score (nSPS) is 25.8. The third-order valence-corrected chi connectivity index (χ3v) is 7.34. The number of amides is 1. The number of carbonyl (C=O) groups is 1. The lowest BCUT2D eigenvalue weighted by Crippen LogP contribution is -2.57. The van der Waals surface area contributed by atoms with Crippen molar-refractivity contribution in [3.05, 3.63) is 45.2 Å². The highest BCUT2D eigenvalue weighted by Gasteiger charge is 2.45. The molecule has 2 aliphatic rings. The van der Waals surface area contributed by atoms with Crippen molar-refractivity contribution in [2.75, 3.05) is 5.32 Å². The molecule has 10 nitrogen and oxygen atoms in total. The van der Waals surface area contributed by atoms with Crippen molar-refractivity contribution in [2.45, 2.75) is 83.7 Å². The van der Waals surface area contributed by atoms with Crippen LogP contribution in [-0.2, 0) is 17.5 Å². The Kier molecular flexibility index (Phi) is 6.34. The lowest BCUT2D eigenvalue weighted by molar-refractivity contribution is -0.170. The summed E-state index contributed by atoms with van der Waals surface area (Å²) >= 11 is 0. The van der Waals surface area contributed by atoms with Crippen LogP contribution in [-0.4, -0.2) is 26.2 Å². The topological polar surface area (TPSA) is 143 Å². The maximum atomic E-state index is 13.2. The fraction of sp³-hybridized carbons (Fsp3) is 0.625. The van der Waals surface area contributed by atoms with E-state index in [1.807, 2.05) is 38.6 Å². The van der Waals surface area contributed by atoms with Gasteiger partial charge in [-0.25, -0.2) is 4.68 Å². The van der Waals surface area contributed by atoms with E-state index in [4.69, 9.17) is 20.7 Å². The van der Waals surface area contributed by atoms with Crippen LogP contribution in [0.3, 0.4) is 0 Å². The van der Waals surface area contributed by atoms with Gasteiger partial charge in [0.05, 0.1) is 11.7 Å². The van der Waals surface area contributed by atoms with E-state index in [9.17, 15) is 9.59 Å². The summed E-state index contributed by atoms with van der Waals surface area (Å²) in [5.74, 6) is -0.334. The maximum Gasteiger partial charge on any atom is 0.291 e. The summed E-state index contributed by atoms with van der Waals surface area (Å²) in [6, 6.07) is 0.141. The Morgan fingerprint density at radius 2 is 1.91 bits per heavy atom. The third-order valence-electron chi connectivity index (χ3n) is 7.34. The number of hydrogen-bond donors (Lipinski definition) is 3. The maximum absolute atomic E-state index is 13.2. The standard InChI is InChI=1S/C24H36N6O4/c1-14(2)23(25)12-9-13-24(26,34-23)20-15(3)18(28-33-20)21(31)27-19-16(4)29(5)30(22(19)32)17-10-7-6-8-11-17/h9,12,14,17H,6-8,10-11,13,25-26H2,1-5H3,(H,27,31)/t23-,24+/m1/s1. The summed E-state index contributed by atoms with van der Waals surface area (Å²) in [7, 11) is 1.85. The second kappa shape index (κ2) is 8.83. The van der Waals surface area contributed by atoms with Crippen LogP contribution in [0.2, 0.25) is 0 Å². The van der Waals surface area contributed by atoms with Gasteiger partial charge in [0.1, 0.15) is 11.4 Å². The smallest absolute Gasteiger partial charge is 0.291 e. The molecule has 1 aliphatic carbocycles. The molecule has 5 N–H and O–H groups in total. The quantitative estimate of drug-likeness (QED) is 0.568. The Balaban J connectivity index is 1.61. The summed E-state index contributed by atoms with van der Waals surface area (Å²) in [4.78, 5) is 26.4. The summed E-state index contributed by atoms with van der Waals surface area (Å²) in [6.45, 7) is 7.39. The molecule has 186 valence electrons. The van der Waals surface area contributed by atoms with E-state index in [1.54, 1.807) is 17.7 Å². The molecular weight excluding hydrogens is 436 g/mol. The number of nitrogens with two attached hydrogens (primary N) is 2. The number of rotatable bonds is 5. The van der Waals surface area contributed by atoms with Crippen molar-refractivity contribution in [3.8, 4) is 0 Å².